The van der Waals surface area contributed by atoms with Crippen molar-refractivity contribution in [2.75, 3.05) is 20.8 Å². The minimum absolute atomic E-state index is 0.0852. The molecule has 1 aliphatic rings. The highest BCUT2D eigenvalue weighted by molar-refractivity contribution is 5.76. The number of carbonyl (C=O) groups is 1. The third kappa shape index (κ3) is 4.62. The largest absolute Gasteiger partial charge is 0.383 e. The average Bonchev–Trinajstić information content (AvgIpc) is 3.00. The number of rotatable bonds is 7. The summed E-state index contributed by atoms with van der Waals surface area (Å²) in [5.41, 5.74) is 0. The van der Waals surface area contributed by atoms with Gasteiger partial charge in [-0.2, -0.15) is 0 Å². The highest BCUT2D eigenvalue weighted by atomic mass is 16.5. The summed E-state index contributed by atoms with van der Waals surface area (Å²) in [6.45, 7) is 2.78. The predicted molar refractivity (Wildman–Crippen MR) is 59.7 cm³/mol. The Hall–Kier alpha value is -0.610. The van der Waals surface area contributed by atoms with Crippen LogP contribution in [0.1, 0.15) is 26.2 Å². The Balaban J connectivity index is 2.26. The standard InChI is InChI=1S/C11H22N2O2/c1-8(6-11(14)12-2)13-10(7-15-3)9-4-5-9/h8-10,13H,4-7H2,1-3H3,(H,12,14). The van der Waals surface area contributed by atoms with Crippen LogP contribution in [0.2, 0.25) is 0 Å². The first-order valence-electron chi connectivity index (χ1n) is 5.63. The molecule has 0 saturated heterocycles. The van der Waals surface area contributed by atoms with E-state index in [0.717, 1.165) is 12.5 Å². The average molecular weight is 214 g/mol. The van der Waals surface area contributed by atoms with Crippen molar-refractivity contribution in [2.24, 2.45) is 5.92 Å². The van der Waals surface area contributed by atoms with E-state index >= 15 is 0 Å². The molecule has 1 saturated carbocycles. The van der Waals surface area contributed by atoms with Crippen molar-refractivity contribution >= 4 is 5.91 Å². The molecule has 1 fully saturated rings. The molecule has 1 amide bonds. The molecule has 88 valence electrons. The van der Waals surface area contributed by atoms with Crippen LogP contribution in [0, 0.1) is 5.92 Å². The molecule has 1 rings (SSSR count). The van der Waals surface area contributed by atoms with E-state index < -0.39 is 0 Å². The Kier molecular flexibility index (Phi) is 5.05. The van der Waals surface area contributed by atoms with Gasteiger partial charge in [0.1, 0.15) is 0 Å². The highest BCUT2D eigenvalue weighted by Gasteiger charge is 2.31. The van der Waals surface area contributed by atoms with Crippen molar-refractivity contribution in [1.29, 1.82) is 0 Å². The van der Waals surface area contributed by atoms with Crippen molar-refractivity contribution in [3.05, 3.63) is 0 Å². The van der Waals surface area contributed by atoms with Crippen LogP contribution in [0.3, 0.4) is 0 Å². The number of ether oxygens (including phenoxy) is 1. The topological polar surface area (TPSA) is 50.4 Å². The summed E-state index contributed by atoms with van der Waals surface area (Å²) < 4.78 is 5.17. The molecule has 4 heteroatoms. The van der Waals surface area contributed by atoms with Gasteiger partial charge in [0.05, 0.1) is 6.61 Å². The van der Waals surface area contributed by atoms with Crippen molar-refractivity contribution in [2.45, 2.75) is 38.3 Å². The van der Waals surface area contributed by atoms with E-state index in [1.54, 1.807) is 14.2 Å². The zero-order valence-corrected chi connectivity index (χ0v) is 9.88. The molecule has 0 aliphatic heterocycles. The van der Waals surface area contributed by atoms with Gasteiger partial charge >= 0.3 is 0 Å². The summed E-state index contributed by atoms with van der Waals surface area (Å²) in [5.74, 6) is 0.832. The lowest BCUT2D eigenvalue weighted by molar-refractivity contribution is -0.121. The van der Waals surface area contributed by atoms with Crippen molar-refractivity contribution in [3.8, 4) is 0 Å². The van der Waals surface area contributed by atoms with Gasteiger partial charge in [-0.25, -0.2) is 0 Å². The van der Waals surface area contributed by atoms with Gasteiger partial charge in [-0.3, -0.25) is 4.79 Å². The summed E-state index contributed by atoms with van der Waals surface area (Å²) in [7, 11) is 3.39. The summed E-state index contributed by atoms with van der Waals surface area (Å²) >= 11 is 0. The molecule has 0 aromatic carbocycles. The molecule has 1 aliphatic carbocycles. The van der Waals surface area contributed by atoms with E-state index in [9.17, 15) is 4.79 Å². The fraction of sp³-hybridized carbons (Fsp3) is 0.909. The Morgan fingerprint density at radius 1 is 1.53 bits per heavy atom. The third-order valence-electron chi connectivity index (χ3n) is 2.81. The fourth-order valence-corrected chi connectivity index (χ4v) is 1.80. The van der Waals surface area contributed by atoms with E-state index in [1.807, 2.05) is 6.92 Å². The van der Waals surface area contributed by atoms with Gasteiger partial charge in [0.15, 0.2) is 0 Å². The number of amides is 1. The lowest BCUT2D eigenvalue weighted by Crippen LogP contribution is -2.43. The minimum atomic E-state index is 0.0852. The van der Waals surface area contributed by atoms with Crippen LogP contribution in [0.4, 0.5) is 0 Å². The number of hydrogen-bond acceptors (Lipinski definition) is 3. The van der Waals surface area contributed by atoms with Gasteiger partial charge in [-0.15, -0.1) is 0 Å². The molecular formula is C11H22N2O2. The molecular weight excluding hydrogens is 192 g/mol. The molecule has 2 N–H and O–H groups in total. The normalized spacial score (nSPS) is 19.7. The second kappa shape index (κ2) is 6.08. The second-order valence-electron chi connectivity index (χ2n) is 4.34. The van der Waals surface area contributed by atoms with E-state index in [1.165, 1.54) is 12.8 Å². The Morgan fingerprint density at radius 3 is 2.67 bits per heavy atom. The lowest BCUT2D eigenvalue weighted by atomic mass is 10.1. The maximum absolute atomic E-state index is 11.2. The van der Waals surface area contributed by atoms with E-state index in [-0.39, 0.29) is 11.9 Å². The number of carbonyl (C=O) groups excluding carboxylic acids is 1. The van der Waals surface area contributed by atoms with Crippen molar-refractivity contribution < 1.29 is 9.53 Å². The second-order valence-corrected chi connectivity index (χ2v) is 4.34. The Morgan fingerprint density at radius 2 is 2.20 bits per heavy atom. The minimum Gasteiger partial charge on any atom is -0.383 e. The zero-order chi connectivity index (χ0) is 11.3. The number of nitrogens with one attached hydrogen (secondary N) is 2. The molecule has 15 heavy (non-hydrogen) atoms. The summed E-state index contributed by atoms with van der Waals surface area (Å²) in [4.78, 5) is 11.2. The van der Waals surface area contributed by atoms with Crippen LogP contribution in [0.15, 0.2) is 0 Å². The van der Waals surface area contributed by atoms with Gasteiger partial charge in [0, 0.05) is 32.7 Å². The van der Waals surface area contributed by atoms with Crippen LogP contribution >= 0.6 is 0 Å². The van der Waals surface area contributed by atoms with E-state index in [4.69, 9.17) is 4.74 Å². The Bertz CT molecular complexity index is 205. The van der Waals surface area contributed by atoms with Gasteiger partial charge in [0.2, 0.25) is 5.91 Å². The lowest BCUT2D eigenvalue weighted by Gasteiger charge is -2.22. The molecule has 0 heterocycles. The van der Waals surface area contributed by atoms with E-state index in [0.29, 0.717) is 12.5 Å². The van der Waals surface area contributed by atoms with Crippen LogP contribution in [0.25, 0.3) is 0 Å². The van der Waals surface area contributed by atoms with Crippen molar-refractivity contribution in [1.82, 2.24) is 10.6 Å². The van der Waals surface area contributed by atoms with Crippen LogP contribution in [-0.4, -0.2) is 38.8 Å². The molecule has 0 radical (unpaired) electrons. The smallest absolute Gasteiger partial charge is 0.221 e. The van der Waals surface area contributed by atoms with Crippen LogP contribution in [0.5, 0.6) is 0 Å². The summed E-state index contributed by atoms with van der Waals surface area (Å²) in [6, 6.07) is 0.625. The monoisotopic (exact) mass is 214 g/mol. The molecule has 0 spiro atoms. The Labute approximate surface area is 91.8 Å². The molecule has 2 atom stereocenters. The zero-order valence-electron chi connectivity index (χ0n) is 9.88. The SMILES string of the molecule is CNC(=O)CC(C)NC(COC)C1CC1. The predicted octanol–water partition coefficient (Wildman–Crippen LogP) is 0.526. The van der Waals surface area contributed by atoms with Crippen LogP contribution < -0.4 is 10.6 Å². The highest BCUT2D eigenvalue weighted by Crippen LogP contribution is 2.32. The summed E-state index contributed by atoms with van der Waals surface area (Å²) in [6.07, 6.45) is 3.10. The van der Waals surface area contributed by atoms with Crippen molar-refractivity contribution in [3.63, 3.8) is 0 Å². The molecule has 2 unspecified atom stereocenters. The third-order valence-corrected chi connectivity index (χ3v) is 2.81. The molecule has 0 aromatic rings. The first-order valence-corrected chi connectivity index (χ1v) is 5.63. The van der Waals surface area contributed by atoms with Gasteiger partial charge in [0.25, 0.3) is 0 Å². The quantitative estimate of drug-likeness (QED) is 0.650. The van der Waals surface area contributed by atoms with Gasteiger partial charge < -0.3 is 15.4 Å². The van der Waals surface area contributed by atoms with Gasteiger partial charge in [-0.05, 0) is 25.7 Å². The van der Waals surface area contributed by atoms with Crippen LogP contribution in [-0.2, 0) is 9.53 Å². The number of hydrogen-bond donors (Lipinski definition) is 2. The fourth-order valence-electron chi connectivity index (χ4n) is 1.80. The van der Waals surface area contributed by atoms with E-state index in [2.05, 4.69) is 10.6 Å². The maximum atomic E-state index is 11.2. The molecule has 0 aromatic heterocycles. The summed E-state index contributed by atoms with van der Waals surface area (Å²) in [5, 5.41) is 6.09. The number of methoxy groups -OCH3 is 1. The first-order chi connectivity index (χ1) is 7.17. The first kappa shape index (κ1) is 12.5. The van der Waals surface area contributed by atoms with Gasteiger partial charge in [-0.1, -0.05) is 0 Å². The maximum Gasteiger partial charge on any atom is 0.221 e. The molecule has 0 bridgehead atoms. The molecule has 4 nitrogen and oxygen atoms in total.